The lowest BCUT2D eigenvalue weighted by atomic mass is 9.53. The van der Waals surface area contributed by atoms with E-state index in [0.717, 1.165) is 17.8 Å². The van der Waals surface area contributed by atoms with Crippen molar-refractivity contribution in [3.63, 3.8) is 0 Å². The van der Waals surface area contributed by atoms with Gasteiger partial charge in [-0.05, 0) is 69.1 Å². The maximum atomic E-state index is 9.67. The van der Waals surface area contributed by atoms with E-state index >= 15 is 0 Å². The van der Waals surface area contributed by atoms with Crippen molar-refractivity contribution in [3.8, 4) is 0 Å². The summed E-state index contributed by atoms with van der Waals surface area (Å²) in [5.41, 5.74) is -0.102. The highest BCUT2D eigenvalue weighted by Gasteiger charge is 2.46. The average molecular weight is 305 g/mol. The van der Waals surface area contributed by atoms with Crippen LogP contribution in [0.1, 0.15) is 79.1 Å². The minimum Gasteiger partial charge on any atom is -0.386 e. The van der Waals surface area contributed by atoms with Crippen molar-refractivity contribution in [1.82, 2.24) is 0 Å². The zero-order chi connectivity index (χ0) is 16.2. The summed E-state index contributed by atoms with van der Waals surface area (Å²) in [6.07, 6.45) is 19.6. The minimum atomic E-state index is -0.706. The Hall–Kier alpha value is -0.560. The summed E-state index contributed by atoms with van der Waals surface area (Å²) in [4.78, 5) is 0. The van der Waals surface area contributed by atoms with Crippen LogP contribution < -0.4 is 0 Å². The molecule has 1 N–H and O–H groups in total. The summed E-state index contributed by atoms with van der Waals surface area (Å²) in [5.74, 6) is 2.66. The van der Waals surface area contributed by atoms with E-state index in [1.807, 2.05) is 26.0 Å². The molecule has 126 valence electrons. The number of fused-ring (bicyclic) bond motifs is 1. The molecule has 0 radical (unpaired) electrons. The molecule has 22 heavy (non-hydrogen) atoms. The summed E-state index contributed by atoms with van der Waals surface area (Å²) in [5, 5.41) is 9.67. The van der Waals surface area contributed by atoms with Crippen LogP contribution in [0.3, 0.4) is 0 Å². The molecule has 0 aromatic heterocycles. The second-order valence-corrected chi connectivity index (χ2v) is 8.64. The average Bonchev–Trinajstić information content (AvgIpc) is 2.44. The van der Waals surface area contributed by atoms with E-state index in [-0.39, 0.29) is 0 Å². The summed E-state index contributed by atoms with van der Waals surface area (Å²) in [7, 11) is 0. The fourth-order valence-corrected chi connectivity index (χ4v) is 5.07. The topological polar surface area (TPSA) is 20.2 Å². The molecule has 0 aliphatic heterocycles. The van der Waals surface area contributed by atoms with E-state index in [0.29, 0.717) is 5.41 Å². The molecule has 2 aliphatic rings. The molecule has 0 spiro atoms. The number of hydrogen-bond acceptors (Lipinski definition) is 1. The second-order valence-electron chi connectivity index (χ2n) is 8.64. The number of allylic oxidation sites excluding steroid dienone is 3. The molecule has 0 saturated heterocycles. The summed E-state index contributed by atoms with van der Waals surface area (Å²) in [6, 6.07) is 0. The minimum absolute atomic E-state index is 0.604. The van der Waals surface area contributed by atoms with Crippen molar-refractivity contribution in [2.75, 3.05) is 0 Å². The molecule has 2 rings (SSSR count). The predicted molar refractivity (Wildman–Crippen MR) is 95.8 cm³/mol. The van der Waals surface area contributed by atoms with Gasteiger partial charge in [0, 0.05) is 0 Å². The molecule has 0 bridgehead atoms. The second kappa shape index (κ2) is 7.34. The number of rotatable bonds is 5. The number of hydrogen-bond donors (Lipinski definition) is 1. The highest BCUT2D eigenvalue weighted by molar-refractivity contribution is 5.08. The summed E-state index contributed by atoms with van der Waals surface area (Å²) in [6.45, 7) is 8.67. The fraction of sp³-hybridized carbons (Fsp3) is 0.810. The van der Waals surface area contributed by atoms with Gasteiger partial charge in [-0.1, -0.05) is 57.4 Å². The van der Waals surface area contributed by atoms with Crippen molar-refractivity contribution in [3.05, 3.63) is 24.3 Å². The van der Waals surface area contributed by atoms with Gasteiger partial charge >= 0.3 is 0 Å². The standard InChI is InChI=1S/C21H36O/c1-17(11-6-5-8-15-20(2,3)22)19-14-10-13-18-12-7-9-16-21(18,19)4/h5-6,8,15,17-19,22H,7,9-14,16H2,1-4H3/b6-5+,15-8+/t17-,18-,19-,21-/m1/s1. The van der Waals surface area contributed by atoms with Crippen molar-refractivity contribution < 1.29 is 5.11 Å². The number of aliphatic hydroxyl groups is 1. The van der Waals surface area contributed by atoms with Gasteiger partial charge in [-0.2, -0.15) is 0 Å². The van der Waals surface area contributed by atoms with Crippen molar-refractivity contribution in [2.24, 2.45) is 23.2 Å². The van der Waals surface area contributed by atoms with Crippen LogP contribution in [0.25, 0.3) is 0 Å². The molecule has 1 nitrogen and oxygen atoms in total. The van der Waals surface area contributed by atoms with Crippen LogP contribution in [-0.4, -0.2) is 10.7 Å². The van der Waals surface area contributed by atoms with Crippen molar-refractivity contribution in [1.29, 1.82) is 0 Å². The quantitative estimate of drug-likeness (QED) is 0.628. The third-order valence-corrected chi connectivity index (χ3v) is 6.31. The lowest BCUT2D eigenvalue weighted by Gasteiger charge is -2.52. The summed E-state index contributed by atoms with van der Waals surface area (Å²) < 4.78 is 0. The Morgan fingerprint density at radius 1 is 1.14 bits per heavy atom. The molecule has 1 heteroatoms. The summed E-state index contributed by atoms with van der Waals surface area (Å²) >= 11 is 0. The van der Waals surface area contributed by atoms with Gasteiger partial charge in [0.05, 0.1) is 5.60 Å². The molecule has 0 unspecified atom stereocenters. The van der Waals surface area contributed by atoms with Gasteiger partial charge in [-0.3, -0.25) is 0 Å². The molecule has 2 saturated carbocycles. The highest BCUT2D eigenvalue weighted by Crippen LogP contribution is 2.55. The molecule has 2 aliphatic carbocycles. The van der Waals surface area contributed by atoms with E-state index in [1.54, 1.807) is 0 Å². The molecular formula is C21H36O. The highest BCUT2D eigenvalue weighted by atomic mass is 16.3. The van der Waals surface area contributed by atoms with Crippen LogP contribution in [-0.2, 0) is 0 Å². The molecular weight excluding hydrogens is 268 g/mol. The molecule has 4 atom stereocenters. The first-order chi connectivity index (χ1) is 10.3. The Balaban J connectivity index is 1.92. The van der Waals surface area contributed by atoms with E-state index in [4.69, 9.17) is 0 Å². The van der Waals surface area contributed by atoms with Gasteiger partial charge in [-0.25, -0.2) is 0 Å². The molecule has 0 heterocycles. The van der Waals surface area contributed by atoms with Crippen LogP contribution in [0.15, 0.2) is 24.3 Å². The monoisotopic (exact) mass is 304 g/mol. The normalized spacial score (nSPS) is 35.0. The van der Waals surface area contributed by atoms with Crippen molar-refractivity contribution >= 4 is 0 Å². The van der Waals surface area contributed by atoms with Gasteiger partial charge in [0.15, 0.2) is 0 Å². The maximum absolute atomic E-state index is 9.67. The Morgan fingerprint density at radius 2 is 1.86 bits per heavy atom. The van der Waals surface area contributed by atoms with Gasteiger partial charge in [-0.15, -0.1) is 0 Å². The van der Waals surface area contributed by atoms with E-state index in [9.17, 15) is 5.11 Å². The van der Waals surface area contributed by atoms with Crippen LogP contribution in [0.2, 0.25) is 0 Å². The van der Waals surface area contributed by atoms with E-state index in [1.165, 1.54) is 51.4 Å². The Kier molecular flexibility index (Phi) is 5.94. The van der Waals surface area contributed by atoms with E-state index < -0.39 is 5.60 Å². The fourth-order valence-electron chi connectivity index (χ4n) is 5.07. The van der Waals surface area contributed by atoms with E-state index in [2.05, 4.69) is 26.0 Å². The van der Waals surface area contributed by atoms with Gasteiger partial charge in [0.25, 0.3) is 0 Å². The first-order valence-corrected chi connectivity index (χ1v) is 9.40. The van der Waals surface area contributed by atoms with Crippen LogP contribution >= 0.6 is 0 Å². The van der Waals surface area contributed by atoms with Crippen molar-refractivity contribution in [2.45, 2.75) is 84.7 Å². The Labute approximate surface area is 137 Å². The first kappa shape index (κ1) is 17.8. The SMILES string of the molecule is C[C@H](C/C=C/C=C/C(C)(C)O)[C@H]1CCC[C@H]2CCCC[C@]21C. The predicted octanol–water partition coefficient (Wildman–Crippen LogP) is 5.89. The molecule has 0 aromatic carbocycles. The Bertz CT molecular complexity index is 399. The first-order valence-electron chi connectivity index (χ1n) is 9.40. The third kappa shape index (κ3) is 4.47. The maximum Gasteiger partial charge on any atom is 0.0774 e. The molecule has 2 fully saturated rings. The van der Waals surface area contributed by atoms with Crippen LogP contribution in [0, 0.1) is 23.2 Å². The lowest BCUT2D eigenvalue weighted by Crippen LogP contribution is -2.43. The molecule has 0 aromatic rings. The zero-order valence-corrected chi connectivity index (χ0v) is 15.1. The molecule has 0 amide bonds. The van der Waals surface area contributed by atoms with Gasteiger partial charge < -0.3 is 5.11 Å². The zero-order valence-electron chi connectivity index (χ0n) is 15.1. The third-order valence-electron chi connectivity index (χ3n) is 6.31. The van der Waals surface area contributed by atoms with Gasteiger partial charge in [0.1, 0.15) is 0 Å². The lowest BCUT2D eigenvalue weighted by molar-refractivity contribution is -0.0239. The largest absolute Gasteiger partial charge is 0.386 e. The van der Waals surface area contributed by atoms with Crippen LogP contribution in [0.5, 0.6) is 0 Å². The van der Waals surface area contributed by atoms with Crippen LogP contribution in [0.4, 0.5) is 0 Å². The van der Waals surface area contributed by atoms with Gasteiger partial charge in [0.2, 0.25) is 0 Å². The smallest absolute Gasteiger partial charge is 0.0774 e. The Morgan fingerprint density at radius 3 is 2.59 bits per heavy atom.